The third-order valence-corrected chi connectivity index (χ3v) is 24.1. The summed E-state index contributed by atoms with van der Waals surface area (Å²) in [4.78, 5) is 44.5. The van der Waals surface area contributed by atoms with Crippen molar-refractivity contribution < 1.29 is 0 Å². The topological polar surface area (TPSA) is 108 Å². The van der Waals surface area contributed by atoms with E-state index in [1.165, 1.54) is 50.9 Å². The van der Waals surface area contributed by atoms with Crippen molar-refractivity contribution >= 4 is 45.3 Å². The Balaban J connectivity index is 1.11. The quantitative estimate of drug-likeness (QED) is 0.171. The van der Waals surface area contributed by atoms with Gasteiger partial charge in [0.15, 0.2) is 0 Å². The minimum absolute atomic E-state index is 0.0942. The van der Waals surface area contributed by atoms with Crippen LogP contribution in [0.25, 0.3) is 113 Å². The molecule has 103 heavy (non-hydrogen) atoms. The van der Waals surface area contributed by atoms with Gasteiger partial charge in [0, 0.05) is 56.2 Å². The van der Waals surface area contributed by atoms with Gasteiger partial charge >= 0.3 is 0 Å². The van der Waals surface area contributed by atoms with Gasteiger partial charge in [-0.15, -0.1) is 0 Å². The van der Waals surface area contributed by atoms with Crippen LogP contribution < -0.4 is 10.7 Å². The van der Waals surface area contributed by atoms with Crippen LogP contribution in [0.3, 0.4) is 0 Å². The molecule has 0 radical (unpaired) electrons. The Bertz CT molecular complexity index is 5040. The number of aromatic amines is 2. The molecule has 2 fully saturated rings. The summed E-state index contributed by atoms with van der Waals surface area (Å²) in [5.41, 5.74) is 26.9. The largest absolute Gasteiger partial charge is 0.354 e. The molecule has 8 nitrogen and oxygen atoms in total. The SMILES string of the molecule is CC(C)(C)c1cc(-c2c3nc(c(-c4cc(C(C)(C)C)cc(C(C)(C)C)c4)c4ccc([nH]4)c(-c4cc(C(C)(C)C)cc(C(C)(C)C)c4)c4nc(c(-c5cc(C(C)(C)C)cc(C(C)(C)C)c5)c5ccc2[nH]5)-c2nc5cc6c(cc5nc2-4)=N[C@H]2[C@H]4C=C[C@@H]([C@H]2N=6)[C@H]2[C@@H]4[C@@H]4C=C[C@H]2C4)C=C3)cc(C(C)(C)C)c1. The molecule has 5 aromatic carbocycles. The molecule has 12 bridgehead atoms. The summed E-state index contributed by atoms with van der Waals surface area (Å²) in [7, 11) is 0. The number of nitrogens with one attached hydrogen (secondary N) is 2. The maximum Gasteiger partial charge on any atom is 0.118 e. The minimum atomic E-state index is -0.202. The maximum atomic E-state index is 6.32. The van der Waals surface area contributed by atoms with Crippen molar-refractivity contribution in [1.29, 1.82) is 0 Å². The average molecular weight is 1360 g/mol. The van der Waals surface area contributed by atoms with Crippen molar-refractivity contribution in [2.24, 2.45) is 45.5 Å². The van der Waals surface area contributed by atoms with E-state index in [1.807, 2.05) is 0 Å². The Kier molecular flexibility index (Phi) is 15.3. The van der Waals surface area contributed by atoms with Crippen molar-refractivity contribution in [1.82, 2.24) is 29.9 Å². The van der Waals surface area contributed by atoms with E-state index in [-0.39, 0.29) is 55.4 Å². The fourth-order valence-electron chi connectivity index (χ4n) is 17.8. The highest BCUT2D eigenvalue weighted by atomic mass is 15.0. The predicted octanol–water partition coefficient (Wildman–Crippen LogP) is 23.1. The molecule has 2 saturated carbocycles. The lowest BCUT2D eigenvalue weighted by molar-refractivity contribution is 0.0704. The molecule has 17 rings (SSSR count). The first kappa shape index (κ1) is 68.8. The summed E-state index contributed by atoms with van der Waals surface area (Å²) in [5.74, 6) is 3.23. The van der Waals surface area contributed by atoms with E-state index in [2.05, 4.69) is 322 Å². The zero-order chi connectivity index (χ0) is 73.3. The van der Waals surface area contributed by atoms with Crippen molar-refractivity contribution in [3.8, 4) is 67.3 Å². The van der Waals surface area contributed by atoms with Crippen molar-refractivity contribution in [2.75, 3.05) is 0 Å². The van der Waals surface area contributed by atoms with Crippen LogP contribution >= 0.6 is 0 Å². The smallest absolute Gasteiger partial charge is 0.118 e. The lowest BCUT2D eigenvalue weighted by Crippen LogP contribution is -2.57. The number of fused-ring (bicyclic) bond motifs is 15. The van der Waals surface area contributed by atoms with Gasteiger partial charge in [0.2, 0.25) is 0 Å². The zero-order valence-corrected chi connectivity index (χ0v) is 65.9. The van der Waals surface area contributed by atoms with Gasteiger partial charge in [0.25, 0.3) is 0 Å². The van der Waals surface area contributed by atoms with E-state index in [4.69, 9.17) is 29.9 Å². The molecule has 0 spiro atoms. The standard InChI is InChI=1S/C95H108N8/c1-88(2,3)56-36-52(37-57(44-56)89(4,5)6)78-66-29-30-67(96-66)79(53-38-58(90(7,8)9)45-59(39-53)91(10,11)12)69-32-34-71(98-69)81(55-42-62(94(19,20)21)47-63(43-55)95(22,23)24)85-87-86(84(103-85)80(70-33-31-68(78)97-70)54-40-60(92(13,14)15)46-61(41-54)93(16,17)18)101-74-48-72-73(49-75(74)102-87)100-83-65-28-27-64(82(83)99-72)76-50-25-26-51(35-50)77(65)76/h25-34,36-51,64-65,76-77,82-83,97-98H,35H2,1-24H3/t50-,51+,64+,65-,76-,77+,82+,83-. The highest BCUT2D eigenvalue weighted by molar-refractivity contribution is 6.05. The number of aromatic nitrogens is 6. The molecule has 8 atom stereocenters. The Morgan fingerprint density at radius 1 is 0.291 bits per heavy atom. The average Bonchev–Trinajstić information content (AvgIpc) is 1.61. The maximum absolute atomic E-state index is 6.32. The van der Waals surface area contributed by atoms with E-state index in [9.17, 15) is 0 Å². The summed E-state index contributed by atoms with van der Waals surface area (Å²) in [6, 6.07) is 42.9. The zero-order valence-electron chi connectivity index (χ0n) is 65.9. The van der Waals surface area contributed by atoms with E-state index in [0.29, 0.717) is 35.5 Å². The second-order valence-electron chi connectivity index (χ2n) is 39.9. The Morgan fingerprint density at radius 3 is 0.845 bits per heavy atom. The van der Waals surface area contributed by atoms with Crippen molar-refractivity contribution in [3.05, 3.63) is 200 Å². The number of hydrogen-bond donors (Lipinski definition) is 2. The number of rotatable bonds is 4. The molecular weight excluding hydrogens is 1250 g/mol. The molecule has 9 aromatic rings. The Labute approximate surface area is 612 Å². The van der Waals surface area contributed by atoms with Gasteiger partial charge in [-0.25, -0.2) is 19.9 Å². The second-order valence-corrected chi connectivity index (χ2v) is 39.9. The van der Waals surface area contributed by atoms with Crippen molar-refractivity contribution in [2.45, 2.75) is 228 Å². The van der Waals surface area contributed by atoms with Gasteiger partial charge in [-0.1, -0.05) is 263 Å². The highest BCUT2D eigenvalue weighted by Crippen LogP contribution is 2.62. The molecule has 528 valence electrons. The summed E-state index contributed by atoms with van der Waals surface area (Å²) in [6.45, 7) is 56.0. The van der Waals surface area contributed by atoms with E-state index in [1.54, 1.807) is 0 Å². The third kappa shape index (κ3) is 11.9. The molecule has 0 unspecified atom stereocenters. The summed E-state index contributed by atoms with van der Waals surface area (Å²) < 4.78 is 0. The molecule has 7 heterocycles. The van der Waals surface area contributed by atoms with Gasteiger partial charge < -0.3 is 9.97 Å². The van der Waals surface area contributed by atoms with Crippen LogP contribution in [-0.4, -0.2) is 42.0 Å². The monoisotopic (exact) mass is 1360 g/mol. The normalized spacial score (nSPS) is 21.4. The van der Waals surface area contributed by atoms with Crippen LogP contribution in [0.5, 0.6) is 0 Å². The molecule has 8 heteroatoms. The lowest BCUT2D eigenvalue weighted by atomic mass is 9.55. The number of H-pyrrole nitrogens is 2. The number of benzene rings is 5. The summed E-state index contributed by atoms with van der Waals surface area (Å²) in [6.07, 6.45) is 15.9. The number of allylic oxidation sites excluding steroid dienone is 2. The van der Waals surface area contributed by atoms with Crippen molar-refractivity contribution in [3.63, 3.8) is 0 Å². The Hall–Kier alpha value is -8.62. The van der Waals surface area contributed by atoms with Crippen LogP contribution in [0.1, 0.15) is 228 Å². The van der Waals surface area contributed by atoms with Crippen LogP contribution in [0, 0.1) is 35.5 Å². The third-order valence-electron chi connectivity index (χ3n) is 24.1. The first-order valence-electron chi connectivity index (χ1n) is 38.3. The number of nitrogens with zero attached hydrogens (tertiary/aromatic N) is 6. The second kappa shape index (κ2) is 22.9. The van der Waals surface area contributed by atoms with E-state index >= 15 is 0 Å². The van der Waals surface area contributed by atoms with Crippen LogP contribution in [0.4, 0.5) is 0 Å². The van der Waals surface area contributed by atoms with Crippen LogP contribution in [0.15, 0.2) is 143 Å². The molecule has 8 aliphatic rings. The first-order chi connectivity index (χ1) is 48.0. The molecular formula is C95H108N8. The van der Waals surface area contributed by atoms with Gasteiger partial charge in [-0.05, 0) is 189 Å². The van der Waals surface area contributed by atoms with E-state index < -0.39 is 0 Å². The van der Waals surface area contributed by atoms with Crippen LogP contribution in [-0.2, 0) is 43.3 Å². The number of hydrogen-bond acceptors (Lipinski definition) is 6. The van der Waals surface area contributed by atoms with Gasteiger partial charge in [-0.2, -0.15) is 0 Å². The molecule has 3 aliphatic heterocycles. The Morgan fingerprint density at radius 2 is 0.563 bits per heavy atom. The minimum Gasteiger partial charge on any atom is -0.354 e. The lowest BCUT2D eigenvalue weighted by Gasteiger charge is -2.52. The van der Waals surface area contributed by atoms with E-state index in [0.717, 1.165) is 122 Å². The fraction of sp³-hybridized carbons (Fsp3) is 0.432. The molecule has 5 aliphatic carbocycles. The molecule has 0 amide bonds. The summed E-state index contributed by atoms with van der Waals surface area (Å²) in [5, 5.41) is 1.81. The first-order valence-corrected chi connectivity index (χ1v) is 38.3. The molecule has 2 N–H and O–H groups in total. The molecule has 4 aromatic heterocycles. The van der Waals surface area contributed by atoms with Gasteiger partial charge in [0.05, 0.1) is 45.2 Å². The van der Waals surface area contributed by atoms with Crippen LogP contribution in [0.2, 0.25) is 0 Å². The molecule has 0 saturated heterocycles. The van der Waals surface area contributed by atoms with Gasteiger partial charge in [-0.3, -0.25) is 9.98 Å². The van der Waals surface area contributed by atoms with Gasteiger partial charge in [0.1, 0.15) is 22.8 Å². The summed E-state index contributed by atoms with van der Waals surface area (Å²) >= 11 is 0. The fourth-order valence-corrected chi connectivity index (χ4v) is 17.8. The highest BCUT2D eigenvalue weighted by Gasteiger charge is 2.60. The predicted molar refractivity (Wildman–Crippen MR) is 433 cm³/mol.